The molecule has 0 amide bonds. The fourth-order valence-corrected chi connectivity index (χ4v) is 20.9. The molecule has 0 fully saturated rings. The van der Waals surface area contributed by atoms with Gasteiger partial charge in [0.2, 0.25) is 0 Å². The van der Waals surface area contributed by atoms with Gasteiger partial charge in [-0.2, -0.15) is 0 Å². The van der Waals surface area contributed by atoms with E-state index in [4.69, 9.17) is 44.0 Å². The fraction of sp³-hybridized carbons (Fsp3) is 0.243. The summed E-state index contributed by atoms with van der Waals surface area (Å²) in [6, 6.07) is 81.2. The summed E-state index contributed by atoms with van der Waals surface area (Å²) >= 11 is 0. The van der Waals surface area contributed by atoms with E-state index in [1.165, 1.54) is 25.7 Å². The van der Waals surface area contributed by atoms with Crippen LogP contribution in [-0.4, -0.2) is 76.8 Å². The molecule has 8 unspecified atom stereocenters. The van der Waals surface area contributed by atoms with Crippen LogP contribution in [0.25, 0.3) is 110 Å². The van der Waals surface area contributed by atoms with Crippen molar-refractivity contribution < 1.29 is 44.0 Å². The van der Waals surface area contributed by atoms with E-state index in [-0.39, 0.29) is 6.17 Å². The highest BCUT2D eigenvalue weighted by molar-refractivity contribution is 6.16. The van der Waals surface area contributed by atoms with Crippen molar-refractivity contribution in [3.63, 3.8) is 0 Å². The molecule has 5 aliphatic heterocycles. The highest BCUT2D eigenvalue weighted by atomic mass is 16.3. The van der Waals surface area contributed by atoms with Gasteiger partial charge in [0.1, 0.15) is 58.7 Å². The monoisotopic (exact) mass is 1770 g/mol. The van der Waals surface area contributed by atoms with Crippen LogP contribution in [0.5, 0.6) is 0 Å². The van der Waals surface area contributed by atoms with E-state index in [1.54, 1.807) is 57.6 Å². The lowest BCUT2D eigenvalue weighted by Gasteiger charge is -2.33. The molecule has 18 nitrogen and oxygen atoms in total. The van der Waals surface area contributed by atoms with Gasteiger partial charge in [0.25, 0.3) is 0 Å². The smallest absolute Gasteiger partial charge is 0.159 e. The maximum absolute atomic E-state index is 8.81. The molecule has 25 rings (SSSR count). The summed E-state index contributed by atoms with van der Waals surface area (Å²) in [6.45, 7) is 18.4. The van der Waals surface area contributed by atoms with Crippen LogP contribution in [0.15, 0.2) is 308 Å². The maximum atomic E-state index is 8.81. The fourth-order valence-electron chi connectivity index (χ4n) is 20.9. The molecule has 13 heterocycles. The van der Waals surface area contributed by atoms with Crippen molar-refractivity contribution in [2.75, 3.05) is 56.0 Å². The zero-order valence-corrected chi connectivity index (χ0v) is 76.9. The van der Waals surface area contributed by atoms with Gasteiger partial charge in [-0.3, -0.25) is 0 Å². The van der Waals surface area contributed by atoms with E-state index in [1.807, 2.05) is 254 Å². The van der Waals surface area contributed by atoms with Crippen LogP contribution < -0.4 is 49.0 Å². The number of para-hydroxylation sites is 9. The Morgan fingerprint density at radius 1 is 0.248 bits per heavy atom. The molecule has 8 atom stereocenters. The van der Waals surface area contributed by atoms with E-state index in [0.717, 1.165) is 189 Å². The molecular formula is C115H113N13O5. The average molecular weight is 1770 g/mol. The van der Waals surface area contributed by atoms with Crippen molar-refractivity contribution in [3.8, 4) is 0 Å². The molecule has 12 aromatic carbocycles. The van der Waals surface area contributed by atoms with Crippen LogP contribution in [0.4, 0.5) is 85.7 Å². The van der Waals surface area contributed by atoms with Gasteiger partial charge in [0.15, 0.2) is 45.4 Å². The zero-order chi connectivity index (χ0) is 106. The molecular weight excluding hydrogens is 1640 g/mol. The predicted octanol–water partition coefficient (Wildman–Crippen LogP) is 30.4. The van der Waals surface area contributed by atoms with Gasteiger partial charge in [0, 0.05) is 120 Å². The summed E-state index contributed by atoms with van der Waals surface area (Å²) in [4.78, 5) is 32.7. The SMILES string of the molecule is [2H]C(C)(C)N1c2ccccc2N(c2c(C)ccc3c2oc2ccccc23)C1C.[2H]C([2H])([2H])C([2H])(C)N1c2ccccc2N(c2c(C)ccc3c2oc2ccccc23)C1C.[2H]C([2H])([2H])C([2H])(C)N1c2cccnc2N(c2c(C)ccc3c2oc2ccccc23)C1C.[2H]C([2H])([2H])C([2H])(C)N1c2cccnc2N(c2c(C)ccc3c2oc2ccccc23)C1C.[2H]C([2H])([2H])N1c2cccnc2N(c2c(C)ccc3c2oc2ccccc23)C1C. The van der Waals surface area contributed by atoms with Crippen molar-refractivity contribution in [2.45, 2.75) is 179 Å². The lowest BCUT2D eigenvalue weighted by molar-refractivity contribution is 0.602. The van der Waals surface area contributed by atoms with Gasteiger partial charge in [-0.1, -0.05) is 176 Å². The highest BCUT2D eigenvalue weighted by Gasteiger charge is 2.44. The first-order valence-corrected chi connectivity index (χ1v) is 45.1. The summed E-state index contributed by atoms with van der Waals surface area (Å²) < 4.78 is 163. The quantitative estimate of drug-likeness (QED) is 0.135. The Morgan fingerprint density at radius 3 is 0.774 bits per heavy atom. The van der Waals surface area contributed by atoms with Crippen molar-refractivity contribution in [1.29, 1.82) is 0 Å². The molecule has 8 aromatic heterocycles. The number of fused-ring (bicyclic) bond motifs is 20. The Kier molecular flexibility index (Phi) is 17.2. The Balaban J connectivity index is 0.000000109. The first-order valence-electron chi connectivity index (χ1n) is 53.1. The topological polar surface area (TPSA) is 137 Å². The molecule has 668 valence electrons. The van der Waals surface area contributed by atoms with E-state index < -0.39 is 76.3 Å². The number of benzene rings is 12. The number of aromatic nitrogens is 3. The van der Waals surface area contributed by atoms with Gasteiger partial charge in [-0.15, -0.1) is 0 Å². The van der Waals surface area contributed by atoms with E-state index >= 15 is 0 Å². The second kappa shape index (κ2) is 33.5. The summed E-state index contributed by atoms with van der Waals surface area (Å²) in [5, 5.41) is 10.4. The third kappa shape index (κ3) is 13.7. The van der Waals surface area contributed by atoms with Gasteiger partial charge < -0.3 is 71.1 Å². The summed E-state index contributed by atoms with van der Waals surface area (Å²) in [5.74, 6) is 1.87. The van der Waals surface area contributed by atoms with Gasteiger partial charge in [0.05, 0.1) is 73.7 Å². The van der Waals surface area contributed by atoms with Crippen molar-refractivity contribution >= 4 is 195 Å². The highest BCUT2D eigenvalue weighted by Crippen LogP contribution is 2.56. The predicted molar refractivity (Wildman–Crippen MR) is 555 cm³/mol. The van der Waals surface area contributed by atoms with Gasteiger partial charge in [-0.05, 0) is 243 Å². The Morgan fingerprint density at radius 2 is 0.481 bits per heavy atom. The number of furan rings is 5. The molecule has 20 aromatic rings. The summed E-state index contributed by atoms with van der Waals surface area (Å²) in [7, 11) is 0. The third-order valence-electron chi connectivity index (χ3n) is 26.7. The van der Waals surface area contributed by atoms with Crippen LogP contribution in [0, 0.1) is 34.6 Å². The maximum Gasteiger partial charge on any atom is 0.159 e. The minimum Gasteiger partial charge on any atom is -0.454 e. The number of anilines is 15. The average Bonchev–Trinajstić information content (AvgIpc) is 1.56. The van der Waals surface area contributed by atoms with Crippen LogP contribution in [0.2, 0.25) is 0 Å². The number of hydrogen-bond acceptors (Lipinski definition) is 18. The lowest BCUT2D eigenvalue weighted by atomic mass is 10.1. The molecule has 5 aliphatic rings. The van der Waals surface area contributed by atoms with E-state index in [0.29, 0.717) is 34.5 Å². The molecule has 0 aliphatic carbocycles. The van der Waals surface area contributed by atoms with Crippen molar-refractivity contribution in [2.24, 2.45) is 0 Å². The number of rotatable bonds is 9. The van der Waals surface area contributed by atoms with Crippen molar-refractivity contribution in [3.05, 3.63) is 313 Å². The molecule has 0 N–H and O–H groups in total. The van der Waals surface area contributed by atoms with Gasteiger partial charge in [-0.25, -0.2) is 15.0 Å². The standard InChI is InChI=1S/2C24H24N2O.2C23H23N3O.C21H19N3O/c2*1-15(2)25-17(4)26(21-11-7-6-10-20(21)25)23-16(3)13-14-19-18-9-5-8-12-22(18)27-24(19)23;2*1-14(2)25-16(4)26(23-19(25)9-7-13-24-23)21-15(3)11-12-18-17-8-5-6-10-20(17)27-22(18)21;1-13-10-11-16-15-7-4-5-9-18(15)25-20(16)19(13)24-14(2)23(3)17-8-6-12-22-21(17)24/h2*5-15,17H,1-4H3;2*5-14,16H,1-4H3;4-12,14H,1-3H3/i1D3,15D;15D;2*1D3,14D;3D3. The molecule has 133 heavy (non-hydrogen) atoms. The van der Waals surface area contributed by atoms with Crippen molar-refractivity contribution in [1.82, 2.24) is 15.0 Å². The first-order chi connectivity index (χ1) is 70.6. The van der Waals surface area contributed by atoms with E-state index in [9.17, 15) is 0 Å². The second-order valence-electron chi connectivity index (χ2n) is 35.1. The molecule has 0 bridgehead atoms. The lowest BCUT2D eigenvalue weighted by Crippen LogP contribution is -2.42. The second-order valence-corrected chi connectivity index (χ2v) is 35.1. The molecule has 0 saturated heterocycles. The van der Waals surface area contributed by atoms with E-state index in [2.05, 4.69) is 116 Å². The molecule has 18 heteroatoms. The minimum atomic E-state index is -2.51. The molecule has 0 saturated carbocycles. The Labute approximate surface area is 799 Å². The summed E-state index contributed by atoms with van der Waals surface area (Å²) in [6.07, 6.45) is 3.33. The molecule has 0 radical (unpaired) electrons. The third-order valence-corrected chi connectivity index (χ3v) is 26.7. The summed E-state index contributed by atoms with van der Waals surface area (Å²) in [5.41, 5.74) is 23.3. The Hall–Kier alpha value is -14.9. The number of aryl methyl sites for hydroxylation is 5. The first kappa shape index (κ1) is 68.2. The number of hydrogen-bond donors (Lipinski definition) is 0. The number of pyridine rings is 3. The van der Waals surface area contributed by atoms with Crippen LogP contribution in [0.3, 0.4) is 0 Å². The largest absolute Gasteiger partial charge is 0.454 e. The normalized spacial score (nSPS) is 20.3. The van der Waals surface area contributed by atoms with Gasteiger partial charge >= 0.3 is 0 Å². The zero-order valence-electron chi connectivity index (χ0n) is 92.9. The molecule has 0 spiro atoms. The number of nitrogens with zero attached hydrogens (tertiary/aromatic N) is 13. The van der Waals surface area contributed by atoms with Crippen LogP contribution in [-0.2, 0) is 0 Å². The van der Waals surface area contributed by atoms with Crippen LogP contribution >= 0.6 is 0 Å². The Bertz CT molecular complexity index is 7980. The van der Waals surface area contributed by atoms with Crippen LogP contribution in [0.1, 0.15) is 140 Å². The minimum absolute atomic E-state index is 0.00223.